The number of carbonyl (C=O) groups excluding carboxylic acids is 1. The van der Waals surface area contributed by atoms with Crippen LogP contribution < -0.4 is 5.73 Å². The van der Waals surface area contributed by atoms with Gasteiger partial charge in [0.2, 0.25) is 5.91 Å². The molecule has 2 rings (SSSR count). The molecule has 0 radical (unpaired) electrons. The van der Waals surface area contributed by atoms with Gasteiger partial charge in [0.1, 0.15) is 5.82 Å². The zero-order chi connectivity index (χ0) is 13.8. The van der Waals surface area contributed by atoms with Crippen molar-refractivity contribution in [2.45, 2.75) is 44.2 Å². The Balaban J connectivity index is 1.99. The van der Waals surface area contributed by atoms with Crippen LogP contribution in [0, 0.1) is 5.82 Å². The largest absolute Gasteiger partial charge is 0.341 e. The van der Waals surface area contributed by atoms with Crippen molar-refractivity contribution >= 4 is 5.91 Å². The first-order chi connectivity index (χ1) is 9.08. The number of amides is 1. The maximum absolute atomic E-state index is 13.1. The molecule has 1 aliphatic rings. The molecule has 104 valence electrons. The first-order valence-corrected chi connectivity index (χ1v) is 6.83. The Morgan fingerprint density at radius 3 is 2.84 bits per heavy atom. The monoisotopic (exact) mass is 264 g/mol. The Bertz CT molecular complexity index is 450. The lowest BCUT2D eigenvalue weighted by Crippen LogP contribution is -2.50. The fraction of sp³-hybridized carbons (Fsp3) is 0.533. The van der Waals surface area contributed by atoms with Gasteiger partial charge in [-0.1, -0.05) is 25.0 Å². The Morgan fingerprint density at radius 1 is 1.42 bits per heavy atom. The van der Waals surface area contributed by atoms with Gasteiger partial charge in [-0.2, -0.15) is 0 Å². The fourth-order valence-corrected chi connectivity index (χ4v) is 2.75. The summed E-state index contributed by atoms with van der Waals surface area (Å²) in [6.45, 7) is 0. The molecular formula is C15H21FN2O. The third-order valence-electron chi connectivity index (χ3n) is 3.92. The van der Waals surface area contributed by atoms with Crippen LogP contribution in [0.25, 0.3) is 0 Å². The number of halogens is 1. The molecule has 1 fully saturated rings. The number of hydrogen-bond donors (Lipinski definition) is 1. The molecule has 1 amide bonds. The highest BCUT2D eigenvalue weighted by atomic mass is 19.1. The maximum Gasteiger partial charge on any atom is 0.227 e. The zero-order valence-electron chi connectivity index (χ0n) is 11.3. The van der Waals surface area contributed by atoms with Crippen molar-refractivity contribution in [3.63, 3.8) is 0 Å². The lowest BCUT2D eigenvalue weighted by molar-refractivity contribution is -0.132. The van der Waals surface area contributed by atoms with Gasteiger partial charge < -0.3 is 10.6 Å². The minimum atomic E-state index is -0.303. The number of benzene rings is 1. The SMILES string of the molecule is CN(C(=O)Cc1cccc(F)c1)C1CCCCC1N. The second-order valence-electron chi connectivity index (χ2n) is 5.33. The van der Waals surface area contributed by atoms with E-state index < -0.39 is 0 Å². The molecule has 19 heavy (non-hydrogen) atoms. The highest BCUT2D eigenvalue weighted by Gasteiger charge is 2.28. The Kier molecular flexibility index (Phi) is 4.53. The summed E-state index contributed by atoms with van der Waals surface area (Å²) in [4.78, 5) is 14.0. The van der Waals surface area contributed by atoms with Crippen LogP contribution in [-0.4, -0.2) is 29.9 Å². The molecule has 3 nitrogen and oxygen atoms in total. The van der Waals surface area contributed by atoms with Crippen molar-refractivity contribution in [1.29, 1.82) is 0 Å². The molecule has 0 aromatic heterocycles. The van der Waals surface area contributed by atoms with Gasteiger partial charge in [0, 0.05) is 19.1 Å². The predicted molar refractivity (Wildman–Crippen MR) is 73.1 cm³/mol. The van der Waals surface area contributed by atoms with Crippen molar-refractivity contribution in [2.24, 2.45) is 5.73 Å². The van der Waals surface area contributed by atoms with E-state index in [0.29, 0.717) is 5.56 Å². The number of rotatable bonds is 3. The minimum Gasteiger partial charge on any atom is -0.341 e. The van der Waals surface area contributed by atoms with Crippen molar-refractivity contribution in [2.75, 3.05) is 7.05 Å². The van der Waals surface area contributed by atoms with E-state index in [9.17, 15) is 9.18 Å². The van der Waals surface area contributed by atoms with Crippen molar-refractivity contribution in [1.82, 2.24) is 4.90 Å². The fourth-order valence-electron chi connectivity index (χ4n) is 2.75. The molecule has 0 bridgehead atoms. The molecule has 1 saturated carbocycles. The molecule has 1 aromatic carbocycles. The summed E-state index contributed by atoms with van der Waals surface area (Å²) in [5, 5.41) is 0. The lowest BCUT2D eigenvalue weighted by atomic mass is 9.90. The van der Waals surface area contributed by atoms with Crippen LogP contribution in [0.5, 0.6) is 0 Å². The quantitative estimate of drug-likeness (QED) is 0.908. The molecule has 1 aromatic rings. The number of hydrogen-bond acceptors (Lipinski definition) is 2. The molecule has 0 heterocycles. The Labute approximate surface area is 113 Å². The number of carbonyl (C=O) groups is 1. The van der Waals surface area contributed by atoms with Crippen LogP contribution in [0.3, 0.4) is 0 Å². The number of likely N-dealkylation sites (N-methyl/N-ethyl adjacent to an activating group) is 1. The van der Waals surface area contributed by atoms with Gasteiger partial charge in [0.05, 0.1) is 6.42 Å². The van der Waals surface area contributed by atoms with Crippen LogP contribution >= 0.6 is 0 Å². The summed E-state index contributed by atoms with van der Waals surface area (Å²) in [6.07, 6.45) is 4.44. The van der Waals surface area contributed by atoms with Gasteiger partial charge in [-0.3, -0.25) is 4.79 Å². The average molecular weight is 264 g/mol. The van der Waals surface area contributed by atoms with Gasteiger partial charge in [-0.25, -0.2) is 4.39 Å². The van der Waals surface area contributed by atoms with Crippen LogP contribution in [0.4, 0.5) is 4.39 Å². The maximum atomic E-state index is 13.1. The van der Waals surface area contributed by atoms with E-state index in [0.717, 1.165) is 25.7 Å². The van der Waals surface area contributed by atoms with Gasteiger partial charge >= 0.3 is 0 Å². The van der Waals surface area contributed by atoms with E-state index in [-0.39, 0.29) is 30.2 Å². The van der Waals surface area contributed by atoms with Gasteiger partial charge in [-0.05, 0) is 30.5 Å². The van der Waals surface area contributed by atoms with Crippen molar-refractivity contribution in [3.8, 4) is 0 Å². The van der Waals surface area contributed by atoms with Crippen molar-refractivity contribution in [3.05, 3.63) is 35.6 Å². The topological polar surface area (TPSA) is 46.3 Å². The number of nitrogens with two attached hydrogens (primary N) is 1. The first-order valence-electron chi connectivity index (χ1n) is 6.83. The summed E-state index contributed by atoms with van der Waals surface area (Å²) < 4.78 is 13.1. The summed E-state index contributed by atoms with van der Waals surface area (Å²) in [5.74, 6) is -0.296. The molecule has 1 aliphatic carbocycles. The highest BCUT2D eigenvalue weighted by Crippen LogP contribution is 2.21. The Morgan fingerprint density at radius 2 is 2.16 bits per heavy atom. The highest BCUT2D eigenvalue weighted by molar-refractivity contribution is 5.78. The predicted octanol–water partition coefficient (Wildman–Crippen LogP) is 2.10. The van der Waals surface area contributed by atoms with Crippen LogP contribution in [0.15, 0.2) is 24.3 Å². The van der Waals surface area contributed by atoms with E-state index in [1.54, 1.807) is 24.1 Å². The molecule has 0 aliphatic heterocycles. The van der Waals surface area contributed by atoms with E-state index in [1.807, 2.05) is 0 Å². The first kappa shape index (κ1) is 14.0. The lowest BCUT2D eigenvalue weighted by Gasteiger charge is -2.36. The third kappa shape index (κ3) is 3.53. The van der Waals surface area contributed by atoms with Crippen LogP contribution in [0.2, 0.25) is 0 Å². The smallest absolute Gasteiger partial charge is 0.227 e. The van der Waals surface area contributed by atoms with Gasteiger partial charge in [0.25, 0.3) is 0 Å². The normalized spacial score (nSPS) is 23.1. The minimum absolute atomic E-state index is 0.00736. The molecular weight excluding hydrogens is 243 g/mol. The third-order valence-corrected chi connectivity index (χ3v) is 3.92. The van der Waals surface area contributed by atoms with Crippen LogP contribution in [0.1, 0.15) is 31.2 Å². The van der Waals surface area contributed by atoms with Crippen molar-refractivity contribution < 1.29 is 9.18 Å². The summed E-state index contributed by atoms with van der Waals surface area (Å²) in [7, 11) is 1.80. The number of nitrogens with zero attached hydrogens (tertiary/aromatic N) is 1. The second kappa shape index (κ2) is 6.15. The summed E-state index contributed by atoms with van der Waals surface area (Å²) in [5.41, 5.74) is 6.79. The van der Waals surface area contributed by atoms with Crippen LogP contribution in [-0.2, 0) is 11.2 Å². The molecule has 2 N–H and O–H groups in total. The second-order valence-corrected chi connectivity index (χ2v) is 5.33. The summed E-state index contributed by atoms with van der Waals surface area (Å²) in [6, 6.07) is 6.38. The van der Waals surface area contributed by atoms with E-state index >= 15 is 0 Å². The average Bonchev–Trinajstić information content (AvgIpc) is 2.38. The molecule has 0 spiro atoms. The molecule has 0 saturated heterocycles. The molecule has 2 unspecified atom stereocenters. The molecule has 2 atom stereocenters. The van der Waals surface area contributed by atoms with Gasteiger partial charge in [0.15, 0.2) is 0 Å². The summed E-state index contributed by atoms with van der Waals surface area (Å²) >= 11 is 0. The van der Waals surface area contributed by atoms with E-state index in [2.05, 4.69) is 0 Å². The zero-order valence-corrected chi connectivity index (χ0v) is 11.3. The standard InChI is InChI=1S/C15H21FN2O/c1-18(14-8-3-2-7-13(14)17)15(19)10-11-5-4-6-12(16)9-11/h4-6,9,13-14H,2-3,7-8,10,17H2,1H3. The van der Waals surface area contributed by atoms with E-state index in [1.165, 1.54) is 12.1 Å². The Hall–Kier alpha value is -1.42. The van der Waals surface area contributed by atoms with E-state index in [4.69, 9.17) is 5.73 Å². The van der Waals surface area contributed by atoms with Gasteiger partial charge in [-0.15, -0.1) is 0 Å². The molecule has 4 heteroatoms.